The summed E-state index contributed by atoms with van der Waals surface area (Å²) in [7, 11) is 1.84. The molecule has 1 aromatic heterocycles. The maximum Gasteiger partial charge on any atom is 0.218 e. The second-order valence-corrected chi connectivity index (χ2v) is 3.55. The van der Waals surface area contributed by atoms with Gasteiger partial charge in [-0.1, -0.05) is 6.92 Å². The number of anilines is 1. The van der Waals surface area contributed by atoms with Crippen LogP contribution < -0.4 is 10.1 Å². The third-order valence-electron chi connectivity index (χ3n) is 2.16. The molecule has 0 bridgehead atoms. The van der Waals surface area contributed by atoms with E-state index in [1.54, 1.807) is 6.07 Å². The predicted molar refractivity (Wildman–Crippen MR) is 67.6 cm³/mol. The van der Waals surface area contributed by atoms with Gasteiger partial charge in [-0.2, -0.15) is 4.98 Å². The van der Waals surface area contributed by atoms with E-state index in [1.807, 2.05) is 14.0 Å². The molecule has 0 aliphatic heterocycles. The Kier molecular flexibility index (Phi) is 6.32. The first-order valence-corrected chi connectivity index (χ1v) is 6.06. The molecule has 0 amide bonds. The highest BCUT2D eigenvalue weighted by molar-refractivity contribution is 5.37. The molecule has 0 aliphatic rings. The molecule has 96 valence electrons. The van der Waals surface area contributed by atoms with Crippen LogP contribution in [0.2, 0.25) is 0 Å². The van der Waals surface area contributed by atoms with Gasteiger partial charge in [-0.25, -0.2) is 4.98 Å². The Morgan fingerprint density at radius 2 is 2.06 bits per heavy atom. The lowest BCUT2D eigenvalue weighted by molar-refractivity contribution is 0.108. The Balaban J connectivity index is 2.59. The van der Waals surface area contributed by atoms with Crippen LogP contribution in [0.5, 0.6) is 5.88 Å². The molecular weight excluding hydrogens is 218 g/mol. The van der Waals surface area contributed by atoms with Crippen molar-refractivity contribution in [1.29, 1.82) is 0 Å². The molecule has 0 spiro atoms. The van der Waals surface area contributed by atoms with Crippen LogP contribution in [0.1, 0.15) is 26.1 Å². The first kappa shape index (κ1) is 13.7. The summed E-state index contributed by atoms with van der Waals surface area (Å²) in [6.07, 6.45) is 1.88. The third-order valence-corrected chi connectivity index (χ3v) is 2.16. The molecule has 5 nitrogen and oxygen atoms in total. The van der Waals surface area contributed by atoms with Gasteiger partial charge in [0.15, 0.2) is 0 Å². The average molecular weight is 239 g/mol. The number of ether oxygens (including phenoxy) is 2. The quantitative estimate of drug-likeness (QED) is 0.702. The van der Waals surface area contributed by atoms with Crippen molar-refractivity contribution in [2.45, 2.75) is 26.7 Å². The van der Waals surface area contributed by atoms with Crippen LogP contribution in [-0.4, -0.2) is 36.8 Å². The molecule has 1 aromatic rings. The zero-order chi connectivity index (χ0) is 12.5. The number of rotatable bonds is 8. The average Bonchev–Trinajstić information content (AvgIpc) is 2.35. The number of aromatic nitrogens is 2. The molecule has 0 aromatic carbocycles. The molecule has 0 radical (unpaired) electrons. The van der Waals surface area contributed by atoms with E-state index in [0.29, 0.717) is 25.7 Å². The normalized spacial score (nSPS) is 10.3. The SMILES string of the molecule is CCCc1nc(NC)cc(OCCOCC)n1. The third kappa shape index (κ3) is 4.99. The Hall–Kier alpha value is -1.36. The molecule has 1 N–H and O–H groups in total. The summed E-state index contributed by atoms with van der Waals surface area (Å²) < 4.78 is 10.7. The minimum Gasteiger partial charge on any atom is -0.475 e. The van der Waals surface area contributed by atoms with E-state index in [4.69, 9.17) is 9.47 Å². The van der Waals surface area contributed by atoms with E-state index in [9.17, 15) is 0 Å². The second-order valence-electron chi connectivity index (χ2n) is 3.55. The fourth-order valence-electron chi connectivity index (χ4n) is 1.36. The summed E-state index contributed by atoms with van der Waals surface area (Å²) in [6, 6.07) is 1.80. The van der Waals surface area contributed by atoms with Gasteiger partial charge in [-0.05, 0) is 13.3 Å². The van der Waals surface area contributed by atoms with Crippen molar-refractivity contribution in [1.82, 2.24) is 9.97 Å². The molecule has 0 fully saturated rings. The zero-order valence-corrected chi connectivity index (χ0v) is 10.8. The van der Waals surface area contributed by atoms with Crippen molar-refractivity contribution in [2.24, 2.45) is 0 Å². The molecule has 0 saturated carbocycles. The van der Waals surface area contributed by atoms with Crippen LogP contribution in [-0.2, 0) is 11.2 Å². The number of aryl methyl sites for hydroxylation is 1. The zero-order valence-electron chi connectivity index (χ0n) is 10.8. The summed E-state index contributed by atoms with van der Waals surface area (Å²) >= 11 is 0. The highest BCUT2D eigenvalue weighted by Crippen LogP contribution is 2.13. The Morgan fingerprint density at radius 3 is 2.71 bits per heavy atom. The van der Waals surface area contributed by atoms with Crippen LogP contribution in [0.25, 0.3) is 0 Å². The van der Waals surface area contributed by atoms with E-state index in [2.05, 4.69) is 22.2 Å². The van der Waals surface area contributed by atoms with Crippen molar-refractivity contribution in [3.05, 3.63) is 11.9 Å². The monoisotopic (exact) mass is 239 g/mol. The van der Waals surface area contributed by atoms with Crippen LogP contribution in [0.4, 0.5) is 5.82 Å². The summed E-state index contributed by atoms with van der Waals surface area (Å²) in [5.41, 5.74) is 0. The predicted octanol–water partition coefficient (Wildman–Crippen LogP) is 1.89. The van der Waals surface area contributed by atoms with Gasteiger partial charge in [0.1, 0.15) is 18.2 Å². The Morgan fingerprint density at radius 1 is 1.24 bits per heavy atom. The summed E-state index contributed by atoms with van der Waals surface area (Å²) in [4.78, 5) is 8.69. The van der Waals surface area contributed by atoms with E-state index in [1.165, 1.54) is 0 Å². The molecule has 0 unspecified atom stereocenters. The molecule has 1 rings (SSSR count). The molecular formula is C12H21N3O2. The van der Waals surface area contributed by atoms with E-state index < -0.39 is 0 Å². The van der Waals surface area contributed by atoms with Crippen LogP contribution in [0.3, 0.4) is 0 Å². The summed E-state index contributed by atoms with van der Waals surface area (Å²) in [5, 5.41) is 3.01. The number of nitrogens with zero attached hydrogens (tertiary/aromatic N) is 2. The van der Waals surface area contributed by atoms with Gasteiger partial charge in [0.2, 0.25) is 5.88 Å². The van der Waals surface area contributed by atoms with Crippen molar-refractivity contribution >= 4 is 5.82 Å². The van der Waals surface area contributed by atoms with Crippen molar-refractivity contribution in [3.63, 3.8) is 0 Å². The lowest BCUT2D eigenvalue weighted by Gasteiger charge is -2.08. The highest BCUT2D eigenvalue weighted by Gasteiger charge is 2.04. The van der Waals surface area contributed by atoms with Crippen molar-refractivity contribution in [2.75, 3.05) is 32.2 Å². The van der Waals surface area contributed by atoms with Crippen molar-refractivity contribution in [3.8, 4) is 5.88 Å². The maximum atomic E-state index is 5.52. The fourth-order valence-corrected chi connectivity index (χ4v) is 1.36. The minimum atomic E-state index is 0.513. The van der Waals surface area contributed by atoms with E-state index >= 15 is 0 Å². The summed E-state index contributed by atoms with van der Waals surface area (Å²) in [5.74, 6) is 2.20. The number of hydrogen-bond acceptors (Lipinski definition) is 5. The van der Waals surface area contributed by atoms with E-state index in [-0.39, 0.29) is 0 Å². The van der Waals surface area contributed by atoms with Gasteiger partial charge in [0.25, 0.3) is 0 Å². The lowest BCUT2D eigenvalue weighted by Crippen LogP contribution is -2.09. The largest absolute Gasteiger partial charge is 0.475 e. The Labute approximate surface area is 103 Å². The van der Waals surface area contributed by atoms with Gasteiger partial charge < -0.3 is 14.8 Å². The van der Waals surface area contributed by atoms with Gasteiger partial charge in [0.05, 0.1) is 6.61 Å². The van der Waals surface area contributed by atoms with Crippen LogP contribution in [0.15, 0.2) is 6.07 Å². The lowest BCUT2D eigenvalue weighted by atomic mass is 10.3. The molecule has 0 atom stereocenters. The van der Waals surface area contributed by atoms with Gasteiger partial charge in [0, 0.05) is 26.1 Å². The first-order chi connectivity index (χ1) is 8.30. The molecule has 0 aliphatic carbocycles. The minimum absolute atomic E-state index is 0.513. The molecule has 17 heavy (non-hydrogen) atoms. The van der Waals surface area contributed by atoms with Crippen LogP contribution >= 0.6 is 0 Å². The number of nitrogens with one attached hydrogen (secondary N) is 1. The van der Waals surface area contributed by atoms with E-state index in [0.717, 1.165) is 24.5 Å². The smallest absolute Gasteiger partial charge is 0.218 e. The number of hydrogen-bond donors (Lipinski definition) is 1. The highest BCUT2D eigenvalue weighted by atomic mass is 16.5. The topological polar surface area (TPSA) is 56.3 Å². The van der Waals surface area contributed by atoms with Gasteiger partial charge in [-0.3, -0.25) is 0 Å². The standard InChI is InChI=1S/C12H21N3O2/c1-4-6-10-14-11(13-3)9-12(15-10)17-8-7-16-5-2/h9H,4-8H2,1-3H3,(H,13,14,15). The fraction of sp³-hybridized carbons (Fsp3) is 0.667. The molecule has 5 heteroatoms. The maximum absolute atomic E-state index is 5.52. The van der Waals surface area contributed by atoms with Gasteiger partial charge in [-0.15, -0.1) is 0 Å². The van der Waals surface area contributed by atoms with Crippen LogP contribution in [0, 0.1) is 0 Å². The van der Waals surface area contributed by atoms with Crippen molar-refractivity contribution < 1.29 is 9.47 Å². The molecule has 0 saturated heterocycles. The van der Waals surface area contributed by atoms with Gasteiger partial charge >= 0.3 is 0 Å². The summed E-state index contributed by atoms with van der Waals surface area (Å²) in [6.45, 7) is 5.86. The second kappa shape index (κ2) is 7.84. The first-order valence-electron chi connectivity index (χ1n) is 6.06. The molecule has 1 heterocycles. The Bertz CT molecular complexity index is 332.